The minimum absolute atomic E-state index is 0.00326. The highest BCUT2D eigenvalue weighted by molar-refractivity contribution is 5.76. The third-order valence-electron chi connectivity index (χ3n) is 15.6. The van der Waals surface area contributed by atoms with Gasteiger partial charge in [-0.25, -0.2) is 0 Å². The zero-order valence-electron chi connectivity index (χ0n) is 31.3. The van der Waals surface area contributed by atoms with Crippen LogP contribution in [0.2, 0.25) is 0 Å². The second kappa shape index (κ2) is 12.3. The molecule has 0 unspecified atom stereocenters. The summed E-state index contributed by atoms with van der Waals surface area (Å²) in [5, 5.41) is 23.0. The number of benzene rings is 1. The Bertz CT molecular complexity index is 1330. The van der Waals surface area contributed by atoms with Crippen LogP contribution >= 0.6 is 0 Å². The standard InChI is InChI=1S/C41H65NO6/c1-25(46-24-26-13-11-10-12-14-26)34(42)35(44)47-31-17-19-38(6)29(36(31,2)3)16-21-39(7)30(38)23-28(43)33-27(15-20-40(33,39)8)41(9)22-18-32(48-41)37(4,5)45/h10-14,25,27-34,43,45H,15-24,42H2,1-9H3/t25-,27+,28-,29+,30-,31+,32+,33+,34+,38+,39-,40-,41+/m1/s1. The molecule has 1 aliphatic heterocycles. The van der Waals surface area contributed by atoms with Crippen LogP contribution in [0, 0.1) is 45.3 Å². The first-order valence-corrected chi connectivity index (χ1v) is 19.0. The van der Waals surface area contributed by atoms with Crippen LogP contribution in [0.1, 0.15) is 126 Å². The summed E-state index contributed by atoms with van der Waals surface area (Å²) in [6.07, 6.45) is 7.52. The molecule has 48 heavy (non-hydrogen) atoms. The molecule has 5 fully saturated rings. The molecule has 13 atom stereocenters. The van der Waals surface area contributed by atoms with Crippen LogP contribution < -0.4 is 5.73 Å². The fourth-order valence-electron chi connectivity index (χ4n) is 12.6. The Morgan fingerprint density at radius 3 is 2.27 bits per heavy atom. The van der Waals surface area contributed by atoms with Crippen molar-refractivity contribution in [2.24, 2.45) is 51.1 Å². The van der Waals surface area contributed by atoms with Gasteiger partial charge in [-0.1, -0.05) is 65.0 Å². The average Bonchev–Trinajstić information content (AvgIpc) is 3.61. The molecule has 0 amide bonds. The third-order valence-corrected chi connectivity index (χ3v) is 15.6. The van der Waals surface area contributed by atoms with Crippen molar-refractivity contribution in [3.8, 4) is 0 Å². The zero-order valence-corrected chi connectivity index (χ0v) is 31.3. The molecule has 1 heterocycles. The second-order valence-electron chi connectivity index (χ2n) is 18.9. The minimum atomic E-state index is -0.867. The summed E-state index contributed by atoms with van der Waals surface area (Å²) in [5.74, 6) is 0.827. The number of hydrogen-bond acceptors (Lipinski definition) is 7. The Morgan fingerprint density at radius 2 is 1.62 bits per heavy atom. The summed E-state index contributed by atoms with van der Waals surface area (Å²) in [4.78, 5) is 13.4. The Kier molecular flexibility index (Phi) is 9.31. The summed E-state index contributed by atoms with van der Waals surface area (Å²) in [6.45, 7) is 20.3. The van der Waals surface area contributed by atoms with Crippen LogP contribution in [-0.4, -0.2) is 57.8 Å². The first-order valence-electron chi connectivity index (χ1n) is 19.0. The number of carbonyl (C=O) groups is 1. The Labute approximate surface area is 290 Å². The van der Waals surface area contributed by atoms with Gasteiger partial charge in [0, 0.05) is 5.41 Å². The maximum Gasteiger partial charge on any atom is 0.325 e. The van der Waals surface area contributed by atoms with Crippen molar-refractivity contribution in [3.63, 3.8) is 0 Å². The largest absolute Gasteiger partial charge is 0.461 e. The Hall–Kier alpha value is -1.51. The van der Waals surface area contributed by atoms with E-state index in [1.165, 1.54) is 0 Å². The molecule has 4 aliphatic carbocycles. The molecule has 6 rings (SSSR count). The van der Waals surface area contributed by atoms with E-state index in [-0.39, 0.29) is 63.4 Å². The Morgan fingerprint density at radius 1 is 0.958 bits per heavy atom. The molecule has 0 radical (unpaired) electrons. The fourth-order valence-corrected chi connectivity index (χ4v) is 12.6. The molecule has 4 N–H and O–H groups in total. The quantitative estimate of drug-likeness (QED) is 0.252. The molecule has 1 aromatic rings. The lowest BCUT2D eigenvalue weighted by atomic mass is 9.35. The monoisotopic (exact) mass is 667 g/mol. The summed E-state index contributed by atoms with van der Waals surface area (Å²) in [6, 6.07) is 9.07. The molecule has 7 heteroatoms. The van der Waals surface area contributed by atoms with Gasteiger partial charge in [-0.2, -0.15) is 0 Å². The highest BCUT2D eigenvalue weighted by Gasteiger charge is 2.72. The van der Waals surface area contributed by atoms with E-state index in [1.54, 1.807) is 0 Å². The predicted octanol–water partition coefficient (Wildman–Crippen LogP) is 7.20. The molecule has 270 valence electrons. The number of fused-ring (bicyclic) bond motifs is 5. The molecular formula is C41H65NO6. The van der Waals surface area contributed by atoms with Crippen molar-refractivity contribution >= 4 is 5.97 Å². The van der Waals surface area contributed by atoms with Crippen LogP contribution in [0.3, 0.4) is 0 Å². The lowest BCUT2D eigenvalue weighted by Crippen LogP contribution is -2.67. The molecule has 4 saturated carbocycles. The van der Waals surface area contributed by atoms with E-state index in [1.807, 2.05) is 51.1 Å². The molecule has 7 nitrogen and oxygen atoms in total. The van der Waals surface area contributed by atoms with Crippen molar-refractivity contribution in [2.45, 2.75) is 168 Å². The van der Waals surface area contributed by atoms with E-state index < -0.39 is 17.7 Å². The molecule has 0 bridgehead atoms. The summed E-state index contributed by atoms with van der Waals surface area (Å²) >= 11 is 0. The molecular weight excluding hydrogens is 602 g/mol. The number of nitrogens with two attached hydrogens (primary N) is 1. The molecule has 0 spiro atoms. The van der Waals surface area contributed by atoms with Gasteiger partial charge in [0.15, 0.2) is 0 Å². The minimum Gasteiger partial charge on any atom is -0.461 e. The smallest absolute Gasteiger partial charge is 0.325 e. The van der Waals surface area contributed by atoms with Crippen LogP contribution in [0.25, 0.3) is 0 Å². The van der Waals surface area contributed by atoms with E-state index in [0.717, 1.165) is 63.4 Å². The van der Waals surface area contributed by atoms with E-state index in [4.69, 9.17) is 19.9 Å². The van der Waals surface area contributed by atoms with E-state index >= 15 is 0 Å². The summed E-state index contributed by atoms with van der Waals surface area (Å²) in [7, 11) is 0. The van der Waals surface area contributed by atoms with Crippen molar-refractivity contribution in [3.05, 3.63) is 35.9 Å². The number of aliphatic hydroxyl groups excluding tert-OH is 1. The van der Waals surface area contributed by atoms with Crippen LogP contribution in [-0.2, 0) is 25.6 Å². The molecule has 1 saturated heterocycles. The van der Waals surface area contributed by atoms with E-state index in [2.05, 4.69) is 41.5 Å². The normalized spacial score (nSPS) is 45.0. The zero-order chi connectivity index (χ0) is 35.1. The molecule has 0 aromatic heterocycles. The maximum absolute atomic E-state index is 13.4. The van der Waals surface area contributed by atoms with Gasteiger partial charge >= 0.3 is 5.97 Å². The van der Waals surface area contributed by atoms with Crippen molar-refractivity contribution in [1.29, 1.82) is 0 Å². The average molecular weight is 668 g/mol. The lowest BCUT2D eigenvalue weighted by Gasteiger charge is -2.70. The van der Waals surface area contributed by atoms with Gasteiger partial charge in [-0.15, -0.1) is 0 Å². The first kappa shape index (κ1) is 36.3. The number of rotatable bonds is 8. The second-order valence-corrected chi connectivity index (χ2v) is 18.9. The topological polar surface area (TPSA) is 111 Å². The van der Waals surface area contributed by atoms with E-state index in [9.17, 15) is 15.0 Å². The van der Waals surface area contributed by atoms with Crippen LogP contribution in [0.15, 0.2) is 30.3 Å². The first-order chi connectivity index (χ1) is 22.3. The summed E-state index contributed by atoms with van der Waals surface area (Å²) in [5.41, 5.74) is 6.17. The van der Waals surface area contributed by atoms with Gasteiger partial charge in [0.1, 0.15) is 12.1 Å². The Balaban J connectivity index is 1.16. The van der Waals surface area contributed by atoms with Gasteiger partial charge in [0.25, 0.3) is 0 Å². The van der Waals surface area contributed by atoms with Gasteiger partial charge in [0.2, 0.25) is 0 Å². The van der Waals surface area contributed by atoms with Crippen LogP contribution in [0.4, 0.5) is 0 Å². The van der Waals surface area contributed by atoms with Crippen LogP contribution in [0.5, 0.6) is 0 Å². The SMILES string of the molecule is C[C@@H](OCc1ccccc1)[C@H](N)C(=O)O[C@H]1CC[C@]2(C)[C@H]3C[C@@H](O)[C@@H]4[C@@H]([C@]5(C)CC[C@@H](C(C)(C)O)O5)CC[C@@]4(C)[C@]3(C)CC[C@H]2C1(C)C. The van der Waals surface area contributed by atoms with Gasteiger partial charge in [0.05, 0.1) is 36.1 Å². The maximum atomic E-state index is 13.4. The summed E-state index contributed by atoms with van der Waals surface area (Å²) < 4.78 is 19.0. The number of carbonyl (C=O) groups excluding carboxylic acids is 1. The number of aliphatic hydroxyl groups is 2. The number of ether oxygens (including phenoxy) is 3. The van der Waals surface area contributed by atoms with Crippen molar-refractivity contribution in [2.75, 3.05) is 0 Å². The van der Waals surface area contributed by atoms with Gasteiger partial charge in [-0.05, 0) is 131 Å². The molecule has 1 aromatic carbocycles. The number of esters is 1. The van der Waals surface area contributed by atoms with Gasteiger partial charge < -0.3 is 30.2 Å². The predicted molar refractivity (Wildman–Crippen MR) is 188 cm³/mol. The lowest BCUT2D eigenvalue weighted by molar-refractivity contribution is -0.251. The van der Waals surface area contributed by atoms with Crippen molar-refractivity contribution in [1.82, 2.24) is 0 Å². The highest BCUT2D eigenvalue weighted by atomic mass is 16.6. The van der Waals surface area contributed by atoms with Crippen molar-refractivity contribution < 1.29 is 29.2 Å². The van der Waals surface area contributed by atoms with E-state index in [0.29, 0.717) is 18.4 Å². The van der Waals surface area contributed by atoms with Gasteiger partial charge in [-0.3, -0.25) is 4.79 Å². The molecule has 5 aliphatic rings. The highest BCUT2D eigenvalue weighted by Crippen LogP contribution is 2.76. The third kappa shape index (κ3) is 5.70. The number of hydrogen-bond donors (Lipinski definition) is 3. The fraction of sp³-hybridized carbons (Fsp3) is 0.829.